The molecule has 3 aromatic rings. The first kappa shape index (κ1) is 12.4. The van der Waals surface area contributed by atoms with Gasteiger partial charge in [-0.05, 0) is 29.3 Å². The van der Waals surface area contributed by atoms with Crippen molar-refractivity contribution in [1.29, 1.82) is 0 Å². The zero-order valence-corrected chi connectivity index (χ0v) is 10.5. The molecule has 0 aliphatic rings. The molecule has 0 amide bonds. The van der Waals surface area contributed by atoms with Gasteiger partial charge in [0.2, 0.25) is 0 Å². The highest BCUT2D eigenvalue weighted by Crippen LogP contribution is 2.19. The minimum Gasteiger partial charge on any atom is -0.423 e. The van der Waals surface area contributed by atoms with Gasteiger partial charge in [-0.25, -0.2) is 9.18 Å². The SMILES string of the molecule is O=c1cc(/C=C/c2cccc(F)c2)c2ccccc2o1. The largest absolute Gasteiger partial charge is 0.423 e. The van der Waals surface area contributed by atoms with Gasteiger partial charge in [-0.15, -0.1) is 0 Å². The number of fused-ring (bicyclic) bond motifs is 1. The van der Waals surface area contributed by atoms with E-state index in [9.17, 15) is 9.18 Å². The van der Waals surface area contributed by atoms with Crippen LogP contribution in [0.15, 0.2) is 63.8 Å². The highest BCUT2D eigenvalue weighted by Gasteiger charge is 2.01. The minimum absolute atomic E-state index is 0.287. The van der Waals surface area contributed by atoms with E-state index >= 15 is 0 Å². The highest BCUT2D eigenvalue weighted by atomic mass is 19.1. The summed E-state index contributed by atoms with van der Waals surface area (Å²) in [5, 5.41) is 0.847. The van der Waals surface area contributed by atoms with Crippen molar-refractivity contribution in [3.05, 3.63) is 82.0 Å². The molecule has 20 heavy (non-hydrogen) atoms. The van der Waals surface area contributed by atoms with Crippen molar-refractivity contribution in [3.63, 3.8) is 0 Å². The summed E-state index contributed by atoms with van der Waals surface area (Å²) in [4.78, 5) is 11.5. The van der Waals surface area contributed by atoms with Gasteiger partial charge in [-0.3, -0.25) is 0 Å². The van der Waals surface area contributed by atoms with Gasteiger partial charge in [0.25, 0.3) is 0 Å². The molecule has 0 atom stereocenters. The Kier molecular flexibility index (Phi) is 3.17. The Balaban J connectivity index is 2.08. The lowest BCUT2D eigenvalue weighted by Gasteiger charge is -2.00. The monoisotopic (exact) mass is 266 g/mol. The molecule has 0 fully saturated rings. The molecule has 0 bridgehead atoms. The second-order valence-corrected chi connectivity index (χ2v) is 4.41. The van der Waals surface area contributed by atoms with Gasteiger partial charge in [0, 0.05) is 11.5 Å². The maximum absolute atomic E-state index is 13.1. The van der Waals surface area contributed by atoms with Crippen molar-refractivity contribution in [1.82, 2.24) is 0 Å². The lowest BCUT2D eigenvalue weighted by atomic mass is 10.1. The zero-order valence-electron chi connectivity index (χ0n) is 10.5. The van der Waals surface area contributed by atoms with Gasteiger partial charge in [0.05, 0.1) is 0 Å². The molecule has 98 valence electrons. The Morgan fingerprint density at radius 1 is 0.950 bits per heavy atom. The van der Waals surface area contributed by atoms with Crippen molar-refractivity contribution in [2.45, 2.75) is 0 Å². The fourth-order valence-corrected chi connectivity index (χ4v) is 2.07. The predicted molar refractivity (Wildman–Crippen MR) is 77.8 cm³/mol. The van der Waals surface area contributed by atoms with Gasteiger partial charge < -0.3 is 4.42 Å². The highest BCUT2D eigenvalue weighted by molar-refractivity contribution is 5.89. The van der Waals surface area contributed by atoms with E-state index in [1.165, 1.54) is 18.2 Å². The van der Waals surface area contributed by atoms with E-state index in [2.05, 4.69) is 0 Å². The van der Waals surface area contributed by atoms with E-state index in [1.807, 2.05) is 18.2 Å². The summed E-state index contributed by atoms with van der Waals surface area (Å²) in [5.41, 5.74) is 1.63. The Labute approximate surface area is 114 Å². The van der Waals surface area contributed by atoms with Crippen LogP contribution in [-0.4, -0.2) is 0 Å². The Hall–Kier alpha value is -2.68. The summed E-state index contributed by atoms with van der Waals surface area (Å²) in [7, 11) is 0. The molecule has 0 saturated carbocycles. The maximum atomic E-state index is 13.1. The Morgan fingerprint density at radius 2 is 1.80 bits per heavy atom. The molecule has 2 aromatic carbocycles. The maximum Gasteiger partial charge on any atom is 0.336 e. The molecule has 0 saturated heterocycles. The van der Waals surface area contributed by atoms with Crippen LogP contribution < -0.4 is 5.63 Å². The summed E-state index contributed by atoms with van der Waals surface area (Å²) in [5.74, 6) is -0.287. The first-order chi connectivity index (χ1) is 9.72. The van der Waals surface area contributed by atoms with Crippen molar-refractivity contribution >= 4 is 23.1 Å². The van der Waals surface area contributed by atoms with Crippen LogP contribution in [0, 0.1) is 5.82 Å². The molecule has 0 aliphatic carbocycles. The first-order valence-electron chi connectivity index (χ1n) is 6.19. The van der Waals surface area contributed by atoms with Crippen molar-refractivity contribution in [2.24, 2.45) is 0 Å². The lowest BCUT2D eigenvalue weighted by molar-refractivity contribution is 0.560. The summed E-state index contributed by atoms with van der Waals surface area (Å²) in [6.07, 6.45) is 3.55. The van der Waals surface area contributed by atoms with E-state index in [0.29, 0.717) is 5.58 Å². The molecule has 0 spiro atoms. The van der Waals surface area contributed by atoms with Gasteiger partial charge in [-0.2, -0.15) is 0 Å². The minimum atomic E-state index is -0.400. The van der Waals surface area contributed by atoms with Gasteiger partial charge >= 0.3 is 5.63 Å². The van der Waals surface area contributed by atoms with Crippen LogP contribution in [0.2, 0.25) is 0 Å². The molecule has 3 heteroatoms. The summed E-state index contributed by atoms with van der Waals surface area (Å²) in [6, 6.07) is 15.0. The fourth-order valence-electron chi connectivity index (χ4n) is 2.07. The van der Waals surface area contributed by atoms with E-state index in [0.717, 1.165) is 16.5 Å². The van der Waals surface area contributed by atoms with Crippen molar-refractivity contribution in [3.8, 4) is 0 Å². The molecule has 0 radical (unpaired) electrons. The first-order valence-corrected chi connectivity index (χ1v) is 6.19. The number of para-hydroxylation sites is 1. The van der Waals surface area contributed by atoms with Crippen LogP contribution in [0.1, 0.15) is 11.1 Å². The van der Waals surface area contributed by atoms with Crippen LogP contribution in [0.5, 0.6) is 0 Å². The molecule has 2 nitrogen and oxygen atoms in total. The summed E-state index contributed by atoms with van der Waals surface area (Å²) in [6.45, 7) is 0. The number of hydrogen-bond acceptors (Lipinski definition) is 2. The Bertz CT molecular complexity index is 847. The molecule has 3 rings (SSSR count). The standard InChI is InChI=1S/C17H11FO2/c18-14-5-3-4-12(10-14)8-9-13-11-17(19)20-16-7-2-1-6-15(13)16/h1-11H/b9-8+. The number of rotatable bonds is 2. The van der Waals surface area contributed by atoms with Crippen LogP contribution >= 0.6 is 0 Å². The van der Waals surface area contributed by atoms with Crippen LogP contribution in [-0.2, 0) is 0 Å². The second-order valence-electron chi connectivity index (χ2n) is 4.41. The Morgan fingerprint density at radius 3 is 2.65 bits per heavy atom. The van der Waals surface area contributed by atoms with Crippen molar-refractivity contribution < 1.29 is 8.81 Å². The topological polar surface area (TPSA) is 30.2 Å². The van der Waals surface area contributed by atoms with Crippen LogP contribution in [0.25, 0.3) is 23.1 Å². The zero-order chi connectivity index (χ0) is 13.9. The molecule has 1 heterocycles. The third-order valence-electron chi connectivity index (χ3n) is 2.99. The third-order valence-corrected chi connectivity index (χ3v) is 2.99. The number of benzene rings is 2. The molecule has 0 N–H and O–H groups in total. The molecule has 0 aliphatic heterocycles. The fraction of sp³-hybridized carbons (Fsp3) is 0. The summed E-state index contributed by atoms with van der Waals surface area (Å²) < 4.78 is 18.2. The lowest BCUT2D eigenvalue weighted by Crippen LogP contribution is -1.97. The molecular formula is C17H11FO2. The number of halogens is 1. The average molecular weight is 266 g/mol. The average Bonchev–Trinajstić information content (AvgIpc) is 2.44. The second kappa shape index (κ2) is 5.13. The molecule has 0 unspecified atom stereocenters. The van der Waals surface area contributed by atoms with E-state index in [-0.39, 0.29) is 5.82 Å². The van der Waals surface area contributed by atoms with E-state index in [4.69, 9.17) is 4.42 Å². The predicted octanol–water partition coefficient (Wildman–Crippen LogP) is 4.10. The van der Waals surface area contributed by atoms with E-state index in [1.54, 1.807) is 30.4 Å². The van der Waals surface area contributed by atoms with Gasteiger partial charge in [0.1, 0.15) is 11.4 Å². The van der Waals surface area contributed by atoms with Crippen LogP contribution in [0.3, 0.4) is 0 Å². The molecular weight excluding hydrogens is 255 g/mol. The van der Waals surface area contributed by atoms with Gasteiger partial charge in [0.15, 0.2) is 0 Å². The quantitative estimate of drug-likeness (QED) is 0.653. The van der Waals surface area contributed by atoms with Gasteiger partial charge in [-0.1, -0.05) is 42.5 Å². The smallest absolute Gasteiger partial charge is 0.336 e. The number of hydrogen-bond donors (Lipinski definition) is 0. The normalized spacial score (nSPS) is 11.2. The summed E-state index contributed by atoms with van der Waals surface area (Å²) >= 11 is 0. The van der Waals surface area contributed by atoms with Crippen molar-refractivity contribution in [2.75, 3.05) is 0 Å². The third kappa shape index (κ3) is 2.52. The van der Waals surface area contributed by atoms with Crippen LogP contribution in [0.4, 0.5) is 4.39 Å². The van der Waals surface area contributed by atoms with E-state index < -0.39 is 5.63 Å². The molecule has 1 aromatic heterocycles.